The van der Waals surface area contributed by atoms with E-state index in [4.69, 9.17) is 16.3 Å². The van der Waals surface area contributed by atoms with E-state index in [2.05, 4.69) is 0 Å². The molecule has 3 atom stereocenters. The standard InChI is InChI=1S/C19H25ClN2O6S/c1-11-8-17(12(2)7-14(11)20)29(26,27)22-6-4-5-15(22)18(24)21-10-13(23)9-16(21)19(25)28-3/h7-8,13,15-16,23H,4-6,9-10H2,1-3H3/t13-,15-,16+/m1/s1. The van der Waals surface area contributed by atoms with E-state index >= 15 is 0 Å². The van der Waals surface area contributed by atoms with Crippen molar-refractivity contribution in [2.24, 2.45) is 0 Å². The summed E-state index contributed by atoms with van der Waals surface area (Å²) in [7, 11) is -2.72. The number of hydrogen-bond acceptors (Lipinski definition) is 6. The molecule has 0 radical (unpaired) electrons. The van der Waals surface area contributed by atoms with Crippen molar-refractivity contribution in [3.05, 3.63) is 28.3 Å². The van der Waals surface area contributed by atoms with Gasteiger partial charge in [-0.2, -0.15) is 4.31 Å². The number of nitrogens with zero attached hydrogens (tertiary/aromatic N) is 2. The van der Waals surface area contributed by atoms with Crippen molar-refractivity contribution < 1.29 is 27.9 Å². The third-order valence-electron chi connectivity index (χ3n) is 5.57. The van der Waals surface area contributed by atoms with Crippen molar-refractivity contribution in [1.82, 2.24) is 9.21 Å². The largest absolute Gasteiger partial charge is 0.467 e. The number of methoxy groups -OCH3 is 1. The molecular formula is C19H25ClN2O6S. The average molecular weight is 445 g/mol. The highest BCUT2D eigenvalue weighted by molar-refractivity contribution is 7.89. The Morgan fingerprint density at radius 2 is 1.90 bits per heavy atom. The number of hydrogen-bond donors (Lipinski definition) is 1. The number of likely N-dealkylation sites (tertiary alicyclic amines) is 1. The maximum atomic E-state index is 13.4. The number of ether oxygens (including phenoxy) is 1. The monoisotopic (exact) mass is 444 g/mol. The van der Waals surface area contributed by atoms with Crippen LogP contribution in [0.25, 0.3) is 0 Å². The molecule has 2 fully saturated rings. The van der Waals surface area contributed by atoms with Crippen LogP contribution in [-0.4, -0.2) is 73.0 Å². The van der Waals surface area contributed by atoms with Crippen LogP contribution in [0.1, 0.15) is 30.4 Å². The minimum absolute atomic E-state index is 0.0257. The number of halogens is 1. The highest BCUT2D eigenvalue weighted by Gasteiger charge is 2.47. The Hall–Kier alpha value is -1.68. The molecule has 1 aromatic carbocycles. The van der Waals surface area contributed by atoms with Gasteiger partial charge in [0.2, 0.25) is 15.9 Å². The summed E-state index contributed by atoms with van der Waals surface area (Å²) in [5, 5.41) is 10.4. The van der Waals surface area contributed by atoms with E-state index in [1.54, 1.807) is 19.9 Å². The molecule has 1 amide bonds. The predicted molar refractivity (Wildman–Crippen MR) is 106 cm³/mol. The maximum Gasteiger partial charge on any atom is 0.328 e. The van der Waals surface area contributed by atoms with Gasteiger partial charge < -0.3 is 14.7 Å². The number of rotatable bonds is 4. The predicted octanol–water partition coefficient (Wildman–Crippen LogP) is 1.24. The Kier molecular flexibility index (Phi) is 6.24. The summed E-state index contributed by atoms with van der Waals surface area (Å²) in [4.78, 5) is 26.6. The molecule has 10 heteroatoms. The smallest absolute Gasteiger partial charge is 0.328 e. The molecule has 0 unspecified atom stereocenters. The fourth-order valence-corrected chi connectivity index (χ4v) is 6.20. The molecule has 0 aliphatic carbocycles. The molecule has 2 heterocycles. The van der Waals surface area contributed by atoms with Crippen LogP contribution < -0.4 is 0 Å². The highest BCUT2D eigenvalue weighted by Crippen LogP contribution is 2.32. The Morgan fingerprint density at radius 1 is 1.21 bits per heavy atom. The molecular weight excluding hydrogens is 420 g/mol. The zero-order valence-electron chi connectivity index (χ0n) is 16.6. The first-order valence-electron chi connectivity index (χ1n) is 9.43. The minimum atomic E-state index is -3.94. The van der Waals surface area contributed by atoms with E-state index in [1.807, 2.05) is 0 Å². The molecule has 0 aromatic heterocycles. The number of esters is 1. The summed E-state index contributed by atoms with van der Waals surface area (Å²) in [5.41, 5.74) is 1.13. The van der Waals surface area contributed by atoms with Gasteiger partial charge in [0.1, 0.15) is 12.1 Å². The van der Waals surface area contributed by atoms with Gasteiger partial charge in [0, 0.05) is 24.5 Å². The van der Waals surface area contributed by atoms with Crippen LogP contribution >= 0.6 is 11.6 Å². The number of amides is 1. The molecule has 0 saturated carbocycles. The first-order chi connectivity index (χ1) is 13.6. The molecule has 0 spiro atoms. The fraction of sp³-hybridized carbons (Fsp3) is 0.579. The van der Waals surface area contributed by atoms with Crippen molar-refractivity contribution in [2.45, 2.75) is 56.2 Å². The second-order valence-corrected chi connectivity index (χ2v) is 9.83. The lowest BCUT2D eigenvalue weighted by atomic mass is 10.1. The third kappa shape index (κ3) is 4.01. The molecule has 160 valence electrons. The minimum Gasteiger partial charge on any atom is -0.467 e. The van der Waals surface area contributed by atoms with Crippen LogP contribution in [0.5, 0.6) is 0 Å². The summed E-state index contributed by atoms with van der Waals surface area (Å²) >= 11 is 6.10. The van der Waals surface area contributed by atoms with E-state index in [9.17, 15) is 23.1 Å². The number of carbonyl (C=O) groups excluding carboxylic acids is 2. The number of benzene rings is 1. The summed E-state index contributed by atoms with van der Waals surface area (Å²) in [6.07, 6.45) is 0.105. The van der Waals surface area contributed by atoms with Gasteiger partial charge in [-0.3, -0.25) is 4.79 Å². The van der Waals surface area contributed by atoms with Crippen molar-refractivity contribution in [1.29, 1.82) is 0 Å². The lowest BCUT2D eigenvalue weighted by Crippen LogP contribution is -2.51. The van der Waals surface area contributed by atoms with Crippen molar-refractivity contribution in [3.63, 3.8) is 0 Å². The lowest BCUT2D eigenvalue weighted by molar-refractivity contribution is -0.152. The zero-order valence-corrected chi connectivity index (χ0v) is 18.2. The van der Waals surface area contributed by atoms with Crippen molar-refractivity contribution >= 4 is 33.5 Å². The van der Waals surface area contributed by atoms with Crippen LogP contribution in [0.4, 0.5) is 0 Å². The van der Waals surface area contributed by atoms with Crippen LogP contribution in [0.2, 0.25) is 5.02 Å². The van der Waals surface area contributed by atoms with Gasteiger partial charge in [-0.25, -0.2) is 13.2 Å². The van der Waals surface area contributed by atoms with Crippen molar-refractivity contribution in [2.75, 3.05) is 20.2 Å². The van der Waals surface area contributed by atoms with Crippen molar-refractivity contribution in [3.8, 4) is 0 Å². The van der Waals surface area contributed by atoms with Gasteiger partial charge in [-0.1, -0.05) is 11.6 Å². The molecule has 2 saturated heterocycles. The van der Waals surface area contributed by atoms with Gasteiger partial charge in [-0.15, -0.1) is 0 Å². The molecule has 29 heavy (non-hydrogen) atoms. The van der Waals surface area contributed by atoms with Crippen LogP contribution in [0.3, 0.4) is 0 Å². The second-order valence-electron chi connectivity index (χ2n) is 7.56. The molecule has 3 rings (SSSR count). The quantitative estimate of drug-likeness (QED) is 0.701. The first-order valence-corrected chi connectivity index (χ1v) is 11.2. The first kappa shape index (κ1) is 22.0. The van der Waals surface area contributed by atoms with E-state index < -0.39 is 40.1 Å². The SMILES string of the molecule is COC(=O)[C@@H]1C[C@@H](O)CN1C(=O)[C@H]1CCCN1S(=O)(=O)c1cc(C)c(Cl)cc1C. The summed E-state index contributed by atoms with van der Waals surface area (Å²) in [6.45, 7) is 3.57. The molecule has 2 aliphatic heterocycles. The Morgan fingerprint density at radius 3 is 2.55 bits per heavy atom. The van der Waals surface area contributed by atoms with Gasteiger partial charge in [0.25, 0.3) is 0 Å². The zero-order chi connectivity index (χ0) is 21.5. The number of aryl methyl sites for hydroxylation is 2. The van der Waals surface area contributed by atoms with Gasteiger partial charge in [-0.05, 0) is 49.9 Å². The number of aliphatic hydroxyl groups excluding tert-OH is 1. The van der Waals surface area contributed by atoms with E-state index in [0.29, 0.717) is 29.0 Å². The fourth-order valence-electron chi connectivity index (χ4n) is 4.04. The number of β-amino-alcohol motifs (C(OH)–C–C–N with tert-alkyl or cyclic N) is 1. The Labute approximate surface area is 175 Å². The molecule has 1 aromatic rings. The van der Waals surface area contributed by atoms with E-state index in [1.165, 1.54) is 22.4 Å². The second kappa shape index (κ2) is 8.22. The Balaban J connectivity index is 1.92. The van der Waals surface area contributed by atoms with Crippen LogP contribution in [0, 0.1) is 13.8 Å². The van der Waals surface area contributed by atoms with E-state index in [-0.39, 0.29) is 24.4 Å². The Bertz CT molecular complexity index is 935. The van der Waals surface area contributed by atoms with Gasteiger partial charge in [0.05, 0.1) is 18.1 Å². The van der Waals surface area contributed by atoms with Gasteiger partial charge in [0.15, 0.2) is 0 Å². The summed E-state index contributed by atoms with van der Waals surface area (Å²) in [5.74, 6) is -1.10. The third-order valence-corrected chi connectivity index (χ3v) is 8.02. The van der Waals surface area contributed by atoms with Crippen LogP contribution in [0.15, 0.2) is 17.0 Å². The summed E-state index contributed by atoms with van der Waals surface area (Å²) in [6, 6.07) is 1.28. The van der Waals surface area contributed by atoms with Gasteiger partial charge >= 0.3 is 5.97 Å². The summed E-state index contributed by atoms with van der Waals surface area (Å²) < 4.78 is 32.7. The average Bonchev–Trinajstić information content (AvgIpc) is 3.30. The molecule has 8 nitrogen and oxygen atoms in total. The molecule has 2 aliphatic rings. The lowest BCUT2D eigenvalue weighted by Gasteiger charge is -2.30. The maximum absolute atomic E-state index is 13.4. The number of carbonyl (C=O) groups is 2. The highest BCUT2D eigenvalue weighted by atomic mass is 35.5. The topological polar surface area (TPSA) is 104 Å². The molecule has 1 N–H and O–H groups in total. The number of sulfonamides is 1. The van der Waals surface area contributed by atoms with E-state index in [0.717, 1.165) is 0 Å². The normalized spacial score (nSPS) is 25.4. The van der Waals surface area contributed by atoms with Crippen LogP contribution in [-0.2, 0) is 24.3 Å². The molecule has 0 bridgehead atoms. The number of aliphatic hydroxyl groups is 1.